The van der Waals surface area contributed by atoms with E-state index >= 15 is 0 Å². The van der Waals surface area contributed by atoms with E-state index in [0.29, 0.717) is 22.8 Å². The van der Waals surface area contributed by atoms with E-state index in [9.17, 15) is 0 Å². The lowest BCUT2D eigenvalue weighted by molar-refractivity contribution is -0.0380. The Balaban J connectivity index is 1.71. The Morgan fingerprint density at radius 3 is 3.10 bits per heavy atom. The van der Waals surface area contributed by atoms with Crippen molar-refractivity contribution >= 4 is 11.2 Å². The van der Waals surface area contributed by atoms with Gasteiger partial charge >= 0.3 is 0 Å². The second kappa shape index (κ2) is 4.42. The van der Waals surface area contributed by atoms with E-state index in [2.05, 4.69) is 26.9 Å². The van der Waals surface area contributed by atoms with Crippen molar-refractivity contribution in [1.29, 1.82) is 0 Å². The standard InChI is InChI=1S/C14H13N5O2/c1-8-10-5-9(3-4-11(10)21-19(8)2)20-14-12-13(16-6-15-12)17-7-18-14/h3-8H,1-2H3,(H,15,16,17,18). The Hall–Kier alpha value is -2.67. The molecule has 2 aromatic heterocycles. The number of nitrogens with zero attached hydrogens (tertiary/aromatic N) is 4. The number of hydrogen-bond donors (Lipinski definition) is 1. The van der Waals surface area contributed by atoms with Gasteiger partial charge in [-0.1, -0.05) is 0 Å². The molecule has 0 bridgehead atoms. The molecule has 106 valence electrons. The Morgan fingerprint density at radius 2 is 2.19 bits per heavy atom. The summed E-state index contributed by atoms with van der Waals surface area (Å²) in [7, 11) is 1.91. The normalized spacial score (nSPS) is 17.7. The Labute approximate surface area is 120 Å². The van der Waals surface area contributed by atoms with E-state index in [-0.39, 0.29) is 6.04 Å². The molecule has 3 heterocycles. The van der Waals surface area contributed by atoms with Gasteiger partial charge in [-0.05, 0) is 25.1 Å². The molecule has 4 rings (SSSR count). The summed E-state index contributed by atoms with van der Waals surface area (Å²) in [5, 5.41) is 1.81. The van der Waals surface area contributed by atoms with Crippen molar-refractivity contribution in [2.75, 3.05) is 7.05 Å². The monoisotopic (exact) mass is 283 g/mol. The molecule has 1 aliphatic heterocycles. The van der Waals surface area contributed by atoms with Crippen LogP contribution in [0.1, 0.15) is 18.5 Å². The molecule has 0 saturated carbocycles. The number of hydroxylamine groups is 2. The highest BCUT2D eigenvalue weighted by molar-refractivity contribution is 5.75. The number of nitrogens with one attached hydrogen (secondary N) is 1. The third kappa shape index (κ3) is 1.90. The number of H-pyrrole nitrogens is 1. The lowest BCUT2D eigenvalue weighted by Gasteiger charge is -2.12. The largest absolute Gasteiger partial charge is 0.437 e. The van der Waals surface area contributed by atoms with Gasteiger partial charge in [0.1, 0.15) is 12.1 Å². The summed E-state index contributed by atoms with van der Waals surface area (Å²) in [6.07, 6.45) is 3.02. The van der Waals surface area contributed by atoms with Crippen LogP contribution in [0, 0.1) is 0 Å². The second-order valence-electron chi connectivity index (χ2n) is 4.89. The Bertz CT molecular complexity index is 816. The third-order valence-electron chi connectivity index (χ3n) is 3.62. The van der Waals surface area contributed by atoms with Crippen LogP contribution in [0.4, 0.5) is 0 Å². The van der Waals surface area contributed by atoms with Crippen molar-refractivity contribution < 1.29 is 9.57 Å². The van der Waals surface area contributed by atoms with Gasteiger partial charge in [-0.25, -0.2) is 9.97 Å². The highest BCUT2D eigenvalue weighted by Gasteiger charge is 2.26. The zero-order valence-electron chi connectivity index (χ0n) is 11.6. The van der Waals surface area contributed by atoms with Crippen LogP contribution in [0.15, 0.2) is 30.9 Å². The molecule has 0 radical (unpaired) electrons. The first kappa shape index (κ1) is 12.1. The van der Waals surface area contributed by atoms with Gasteiger partial charge in [0.15, 0.2) is 16.9 Å². The van der Waals surface area contributed by atoms with Crippen LogP contribution in [-0.4, -0.2) is 32.0 Å². The molecule has 1 atom stereocenters. The summed E-state index contributed by atoms with van der Waals surface area (Å²) in [5.41, 5.74) is 2.35. The number of ether oxygens (including phenoxy) is 1. The molecular weight excluding hydrogens is 270 g/mol. The van der Waals surface area contributed by atoms with Crippen LogP contribution in [0.2, 0.25) is 0 Å². The van der Waals surface area contributed by atoms with E-state index in [0.717, 1.165) is 11.3 Å². The maximum atomic E-state index is 5.85. The molecule has 0 amide bonds. The first-order chi connectivity index (χ1) is 10.2. The van der Waals surface area contributed by atoms with Gasteiger partial charge in [0.25, 0.3) is 5.88 Å². The average molecular weight is 283 g/mol. The minimum atomic E-state index is 0.180. The SMILES string of the molecule is CC1c2cc(Oc3ncnc4[nH]cnc34)ccc2ON1C. The molecular formula is C14H13N5O2. The van der Waals surface area contributed by atoms with Gasteiger partial charge in [0, 0.05) is 12.6 Å². The van der Waals surface area contributed by atoms with Gasteiger partial charge in [-0.15, -0.1) is 5.06 Å². The molecule has 0 fully saturated rings. The fraction of sp³-hybridized carbons (Fsp3) is 0.214. The Kier molecular flexibility index (Phi) is 2.55. The number of aromatic amines is 1. The van der Waals surface area contributed by atoms with E-state index in [1.807, 2.05) is 30.3 Å². The number of aromatic nitrogens is 4. The van der Waals surface area contributed by atoms with Crippen molar-refractivity contribution in [2.45, 2.75) is 13.0 Å². The molecule has 21 heavy (non-hydrogen) atoms. The summed E-state index contributed by atoms with van der Waals surface area (Å²) in [4.78, 5) is 21.0. The second-order valence-corrected chi connectivity index (χ2v) is 4.89. The van der Waals surface area contributed by atoms with Crippen molar-refractivity contribution in [3.05, 3.63) is 36.4 Å². The van der Waals surface area contributed by atoms with Gasteiger partial charge in [0.05, 0.1) is 12.4 Å². The van der Waals surface area contributed by atoms with Crippen LogP contribution >= 0.6 is 0 Å². The summed E-state index contributed by atoms with van der Waals surface area (Å²) in [5.74, 6) is 1.98. The molecule has 1 unspecified atom stereocenters. The van der Waals surface area contributed by atoms with Crippen LogP contribution in [0.25, 0.3) is 11.2 Å². The molecule has 0 aliphatic carbocycles. The lowest BCUT2D eigenvalue weighted by Crippen LogP contribution is -2.18. The fourth-order valence-corrected chi connectivity index (χ4v) is 2.36. The summed E-state index contributed by atoms with van der Waals surface area (Å²) in [6.45, 7) is 2.08. The quantitative estimate of drug-likeness (QED) is 0.778. The molecule has 7 heteroatoms. The molecule has 1 N–H and O–H groups in total. The van der Waals surface area contributed by atoms with Crippen molar-refractivity contribution in [1.82, 2.24) is 25.0 Å². The van der Waals surface area contributed by atoms with Crippen molar-refractivity contribution in [3.63, 3.8) is 0 Å². The molecule has 7 nitrogen and oxygen atoms in total. The van der Waals surface area contributed by atoms with E-state index < -0.39 is 0 Å². The minimum absolute atomic E-state index is 0.180. The maximum Gasteiger partial charge on any atom is 0.250 e. The van der Waals surface area contributed by atoms with Gasteiger partial charge < -0.3 is 14.6 Å². The molecule has 1 aliphatic rings. The van der Waals surface area contributed by atoms with Gasteiger partial charge in [-0.3, -0.25) is 0 Å². The van der Waals surface area contributed by atoms with Crippen molar-refractivity contribution in [3.8, 4) is 17.4 Å². The van der Waals surface area contributed by atoms with Crippen LogP contribution in [0.3, 0.4) is 0 Å². The highest BCUT2D eigenvalue weighted by atomic mass is 16.7. The predicted molar refractivity (Wildman–Crippen MR) is 75.0 cm³/mol. The summed E-state index contributed by atoms with van der Waals surface area (Å²) < 4.78 is 5.85. The zero-order valence-corrected chi connectivity index (χ0v) is 11.6. The zero-order chi connectivity index (χ0) is 14.4. The van der Waals surface area contributed by atoms with E-state index in [1.54, 1.807) is 6.33 Å². The Morgan fingerprint density at radius 1 is 1.29 bits per heavy atom. The van der Waals surface area contributed by atoms with Gasteiger partial charge in [0.2, 0.25) is 0 Å². The first-order valence-electron chi connectivity index (χ1n) is 6.59. The smallest absolute Gasteiger partial charge is 0.250 e. The van der Waals surface area contributed by atoms with Crippen molar-refractivity contribution in [2.24, 2.45) is 0 Å². The number of fused-ring (bicyclic) bond motifs is 2. The lowest BCUT2D eigenvalue weighted by atomic mass is 10.1. The number of imidazole rings is 1. The van der Waals surface area contributed by atoms with Crippen LogP contribution in [0.5, 0.6) is 17.4 Å². The van der Waals surface area contributed by atoms with E-state index in [4.69, 9.17) is 9.57 Å². The number of hydrogen-bond acceptors (Lipinski definition) is 6. The fourth-order valence-electron chi connectivity index (χ4n) is 2.36. The molecule has 0 spiro atoms. The summed E-state index contributed by atoms with van der Waals surface area (Å²) in [6, 6.07) is 5.89. The predicted octanol–water partition coefficient (Wildman–Crippen LogP) is 2.45. The van der Waals surface area contributed by atoms with Gasteiger partial charge in [-0.2, -0.15) is 4.98 Å². The van der Waals surface area contributed by atoms with E-state index in [1.165, 1.54) is 6.33 Å². The summed E-state index contributed by atoms with van der Waals surface area (Å²) >= 11 is 0. The minimum Gasteiger partial charge on any atom is -0.437 e. The maximum absolute atomic E-state index is 5.85. The number of rotatable bonds is 2. The molecule has 3 aromatic rings. The third-order valence-corrected chi connectivity index (χ3v) is 3.62. The van der Waals surface area contributed by atoms with Crippen LogP contribution in [-0.2, 0) is 0 Å². The average Bonchev–Trinajstić information content (AvgIpc) is 3.06. The van der Waals surface area contributed by atoms with Crippen LogP contribution < -0.4 is 9.57 Å². The topological polar surface area (TPSA) is 76.2 Å². The highest BCUT2D eigenvalue weighted by Crippen LogP contribution is 2.39. The number of benzene rings is 1. The first-order valence-corrected chi connectivity index (χ1v) is 6.59. The molecule has 1 aromatic carbocycles. The molecule has 0 saturated heterocycles.